The van der Waals surface area contributed by atoms with Crippen LogP contribution in [0, 0.1) is 0 Å². The van der Waals surface area contributed by atoms with E-state index in [4.69, 9.17) is 10.5 Å². The number of piperidine rings is 1. The highest BCUT2D eigenvalue weighted by molar-refractivity contribution is 5.79. The van der Waals surface area contributed by atoms with Gasteiger partial charge in [-0.3, -0.25) is 4.79 Å². The van der Waals surface area contributed by atoms with Gasteiger partial charge in [0.1, 0.15) is 5.75 Å². The van der Waals surface area contributed by atoms with E-state index in [0.717, 1.165) is 43.8 Å². The summed E-state index contributed by atoms with van der Waals surface area (Å²) in [6.45, 7) is 3.68. The van der Waals surface area contributed by atoms with E-state index in [1.807, 2.05) is 24.3 Å². The molecule has 5 nitrogen and oxygen atoms in total. The van der Waals surface area contributed by atoms with E-state index in [2.05, 4.69) is 10.2 Å². The van der Waals surface area contributed by atoms with Crippen LogP contribution in [0.1, 0.15) is 18.4 Å². The van der Waals surface area contributed by atoms with Crippen LogP contribution in [0.4, 0.5) is 0 Å². The minimum absolute atomic E-state index is 0.0838. The van der Waals surface area contributed by atoms with Crippen molar-refractivity contribution in [2.75, 3.05) is 33.3 Å². The quantitative estimate of drug-likeness (QED) is 0.813. The highest BCUT2D eigenvalue weighted by atomic mass is 16.5. The molecule has 21 heavy (non-hydrogen) atoms. The minimum Gasteiger partial charge on any atom is -0.497 e. The minimum atomic E-state index is 0.0838. The first-order valence-electron chi connectivity index (χ1n) is 7.56. The lowest BCUT2D eigenvalue weighted by molar-refractivity contribution is -0.121. The van der Waals surface area contributed by atoms with Crippen molar-refractivity contribution >= 4 is 5.91 Å². The third-order valence-corrected chi connectivity index (χ3v) is 3.90. The lowest BCUT2D eigenvalue weighted by atomic mass is 10.0. The standard InChI is InChI=1S/C16H25N3O2/c1-21-15-4-2-3-13(11-15)12-16(20)18-14-5-8-19(9-6-14)10-7-17/h2-4,11,14H,5-10,12,17H2,1H3,(H,18,20). The Bertz CT molecular complexity index is 457. The van der Waals surface area contributed by atoms with Gasteiger partial charge in [-0.15, -0.1) is 0 Å². The molecule has 0 saturated carbocycles. The molecule has 1 aromatic carbocycles. The molecular formula is C16H25N3O2. The van der Waals surface area contributed by atoms with E-state index in [1.54, 1.807) is 7.11 Å². The third-order valence-electron chi connectivity index (χ3n) is 3.90. The maximum Gasteiger partial charge on any atom is 0.224 e. The molecule has 3 N–H and O–H groups in total. The predicted octanol–water partition coefficient (Wildman–Crippen LogP) is 0.777. The number of carbonyl (C=O) groups excluding carboxylic acids is 1. The molecule has 5 heteroatoms. The molecule has 0 aliphatic carbocycles. The van der Waals surface area contributed by atoms with Gasteiger partial charge in [0.2, 0.25) is 5.91 Å². The van der Waals surface area contributed by atoms with Crippen LogP contribution >= 0.6 is 0 Å². The number of likely N-dealkylation sites (tertiary alicyclic amines) is 1. The van der Waals surface area contributed by atoms with E-state index in [-0.39, 0.29) is 11.9 Å². The SMILES string of the molecule is COc1cccc(CC(=O)NC2CCN(CCN)CC2)c1. The van der Waals surface area contributed by atoms with Crippen LogP contribution in [0.15, 0.2) is 24.3 Å². The molecule has 0 spiro atoms. The zero-order chi connectivity index (χ0) is 15.1. The molecule has 1 aliphatic heterocycles. The first kappa shape index (κ1) is 15.8. The molecule has 1 aromatic rings. The first-order chi connectivity index (χ1) is 10.2. The number of methoxy groups -OCH3 is 1. The number of carbonyl (C=O) groups is 1. The number of hydrogen-bond donors (Lipinski definition) is 2. The third kappa shape index (κ3) is 5.02. The molecule has 1 aliphatic rings. The zero-order valence-corrected chi connectivity index (χ0v) is 12.7. The number of nitrogens with two attached hydrogens (primary N) is 1. The topological polar surface area (TPSA) is 67.6 Å². The number of hydrogen-bond acceptors (Lipinski definition) is 4. The van der Waals surface area contributed by atoms with Crippen LogP contribution in [0.5, 0.6) is 5.75 Å². The zero-order valence-electron chi connectivity index (χ0n) is 12.7. The van der Waals surface area contributed by atoms with Gasteiger partial charge in [-0.1, -0.05) is 12.1 Å². The molecule has 0 radical (unpaired) electrons. The summed E-state index contributed by atoms with van der Waals surface area (Å²) < 4.78 is 5.17. The number of nitrogens with one attached hydrogen (secondary N) is 1. The second-order valence-corrected chi connectivity index (χ2v) is 5.50. The van der Waals surface area contributed by atoms with Crippen molar-refractivity contribution in [3.63, 3.8) is 0 Å². The van der Waals surface area contributed by atoms with E-state index in [9.17, 15) is 4.79 Å². The van der Waals surface area contributed by atoms with Crippen LogP contribution in [0.25, 0.3) is 0 Å². The van der Waals surface area contributed by atoms with Gasteiger partial charge in [0.05, 0.1) is 13.5 Å². The highest BCUT2D eigenvalue weighted by Crippen LogP contribution is 2.14. The monoisotopic (exact) mass is 291 g/mol. The summed E-state index contributed by atoms with van der Waals surface area (Å²) >= 11 is 0. The molecule has 1 saturated heterocycles. The maximum absolute atomic E-state index is 12.1. The average molecular weight is 291 g/mol. The molecule has 1 amide bonds. The van der Waals surface area contributed by atoms with Gasteiger partial charge in [0.15, 0.2) is 0 Å². The van der Waals surface area contributed by atoms with Crippen LogP contribution in [0.2, 0.25) is 0 Å². The van der Waals surface area contributed by atoms with Crippen molar-refractivity contribution in [2.45, 2.75) is 25.3 Å². The number of ether oxygens (including phenoxy) is 1. The van der Waals surface area contributed by atoms with Crippen molar-refractivity contribution in [1.82, 2.24) is 10.2 Å². The molecule has 0 unspecified atom stereocenters. The molecule has 2 rings (SSSR count). The van der Waals surface area contributed by atoms with Crippen LogP contribution in [-0.4, -0.2) is 50.1 Å². The Balaban J connectivity index is 1.77. The van der Waals surface area contributed by atoms with Gasteiger partial charge in [0, 0.05) is 32.2 Å². The summed E-state index contributed by atoms with van der Waals surface area (Å²) in [5, 5.41) is 3.13. The smallest absolute Gasteiger partial charge is 0.224 e. The van der Waals surface area contributed by atoms with E-state index in [0.29, 0.717) is 13.0 Å². The van der Waals surface area contributed by atoms with Crippen molar-refractivity contribution in [1.29, 1.82) is 0 Å². The second-order valence-electron chi connectivity index (χ2n) is 5.50. The largest absolute Gasteiger partial charge is 0.497 e. The van der Waals surface area contributed by atoms with Crippen LogP contribution < -0.4 is 15.8 Å². The lowest BCUT2D eigenvalue weighted by Crippen LogP contribution is -2.46. The summed E-state index contributed by atoms with van der Waals surface area (Å²) in [6, 6.07) is 7.94. The van der Waals surface area contributed by atoms with Gasteiger partial charge in [0.25, 0.3) is 0 Å². The fourth-order valence-corrected chi connectivity index (χ4v) is 2.73. The lowest BCUT2D eigenvalue weighted by Gasteiger charge is -2.32. The normalized spacial score (nSPS) is 16.7. The summed E-state index contributed by atoms with van der Waals surface area (Å²) in [5.74, 6) is 0.871. The molecule has 0 atom stereocenters. The van der Waals surface area contributed by atoms with Crippen molar-refractivity contribution in [3.05, 3.63) is 29.8 Å². The summed E-state index contributed by atoms with van der Waals surface area (Å²) in [7, 11) is 1.63. The van der Waals surface area contributed by atoms with E-state index in [1.165, 1.54) is 0 Å². The Labute approximate surface area is 126 Å². The van der Waals surface area contributed by atoms with E-state index < -0.39 is 0 Å². The predicted molar refractivity (Wildman–Crippen MR) is 83.4 cm³/mol. The van der Waals surface area contributed by atoms with E-state index >= 15 is 0 Å². The Morgan fingerprint density at radius 1 is 1.43 bits per heavy atom. The fourth-order valence-electron chi connectivity index (χ4n) is 2.73. The Kier molecular flexibility index (Phi) is 6.02. The van der Waals surface area contributed by atoms with Crippen LogP contribution in [0.3, 0.4) is 0 Å². The van der Waals surface area contributed by atoms with Crippen molar-refractivity contribution in [2.24, 2.45) is 5.73 Å². The number of nitrogens with zero attached hydrogens (tertiary/aromatic N) is 1. The summed E-state index contributed by atoms with van der Waals surface area (Å²) in [4.78, 5) is 14.5. The number of amides is 1. The Morgan fingerprint density at radius 2 is 2.19 bits per heavy atom. The highest BCUT2D eigenvalue weighted by Gasteiger charge is 2.20. The Morgan fingerprint density at radius 3 is 2.86 bits per heavy atom. The van der Waals surface area contributed by atoms with Crippen molar-refractivity contribution in [3.8, 4) is 5.75 Å². The number of rotatable bonds is 6. The maximum atomic E-state index is 12.1. The van der Waals surface area contributed by atoms with Crippen molar-refractivity contribution < 1.29 is 9.53 Å². The van der Waals surface area contributed by atoms with Gasteiger partial charge in [-0.2, -0.15) is 0 Å². The average Bonchev–Trinajstić information content (AvgIpc) is 2.49. The second kappa shape index (κ2) is 8.00. The van der Waals surface area contributed by atoms with Gasteiger partial charge < -0.3 is 20.7 Å². The first-order valence-corrected chi connectivity index (χ1v) is 7.56. The van der Waals surface area contributed by atoms with Crippen LogP contribution in [-0.2, 0) is 11.2 Å². The van der Waals surface area contributed by atoms with Gasteiger partial charge >= 0.3 is 0 Å². The molecule has 0 bridgehead atoms. The molecule has 116 valence electrons. The fraction of sp³-hybridized carbons (Fsp3) is 0.562. The summed E-state index contributed by atoms with van der Waals surface area (Å²) in [5.41, 5.74) is 6.54. The number of benzene rings is 1. The Hall–Kier alpha value is -1.59. The molecular weight excluding hydrogens is 266 g/mol. The van der Waals surface area contributed by atoms with Gasteiger partial charge in [-0.05, 0) is 30.5 Å². The summed E-state index contributed by atoms with van der Waals surface area (Å²) in [6.07, 6.45) is 2.41. The van der Waals surface area contributed by atoms with Gasteiger partial charge in [-0.25, -0.2) is 0 Å². The molecule has 0 aromatic heterocycles. The molecule has 1 fully saturated rings. The molecule has 1 heterocycles.